The minimum atomic E-state index is -0.0339. The fourth-order valence-electron chi connectivity index (χ4n) is 3.76. The number of carbonyl (C=O) groups excluding carboxylic acids is 1. The maximum absolute atomic E-state index is 12.4. The summed E-state index contributed by atoms with van der Waals surface area (Å²) in [5.41, 5.74) is 4.62. The molecule has 0 aliphatic heterocycles. The van der Waals surface area contributed by atoms with E-state index in [0.29, 0.717) is 5.75 Å². The summed E-state index contributed by atoms with van der Waals surface area (Å²) in [7, 11) is 0. The van der Waals surface area contributed by atoms with Crippen molar-refractivity contribution in [1.82, 2.24) is 14.8 Å². The number of aromatic nitrogens is 3. The Kier molecular flexibility index (Phi) is 6.06. The van der Waals surface area contributed by atoms with Crippen molar-refractivity contribution in [2.75, 3.05) is 11.1 Å². The predicted octanol–water partition coefficient (Wildman–Crippen LogP) is 5.51. The Morgan fingerprint density at radius 2 is 2.10 bits per heavy atom. The van der Waals surface area contributed by atoms with Crippen molar-refractivity contribution in [2.45, 2.75) is 57.7 Å². The highest BCUT2D eigenvalue weighted by atomic mass is 32.2. The number of amides is 1. The highest BCUT2D eigenvalue weighted by Crippen LogP contribution is 2.37. The Balaban J connectivity index is 1.51. The number of aryl methyl sites for hydroxylation is 2. The molecular weight excluding hydrogens is 400 g/mol. The number of anilines is 1. The average molecular weight is 427 g/mol. The Hall–Kier alpha value is -2.12. The number of rotatable bonds is 6. The maximum Gasteiger partial charge on any atom is 0.234 e. The monoisotopic (exact) mass is 426 g/mol. The molecule has 2 aromatic heterocycles. The Labute approximate surface area is 179 Å². The SMILES string of the molecule is Cc1cccc(NC(=O)CSc2nnc(-c3csc4c3CCCC4)n2C(C)C)c1. The minimum Gasteiger partial charge on any atom is -0.325 e. The van der Waals surface area contributed by atoms with Crippen LogP contribution >= 0.6 is 23.1 Å². The van der Waals surface area contributed by atoms with Gasteiger partial charge in [0.2, 0.25) is 5.91 Å². The third-order valence-electron chi connectivity index (χ3n) is 5.12. The zero-order valence-corrected chi connectivity index (χ0v) is 18.7. The van der Waals surface area contributed by atoms with Gasteiger partial charge < -0.3 is 5.32 Å². The molecule has 0 saturated heterocycles. The zero-order valence-electron chi connectivity index (χ0n) is 17.1. The molecule has 3 aromatic rings. The van der Waals surface area contributed by atoms with Gasteiger partial charge in [-0.25, -0.2) is 0 Å². The van der Waals surface area contributed by atoms with Crippen LogP contribution in [-0.4, -0.2) is 26.4 Å². The molecule has 1 aliphatic rings. The van der Waals surface area contributed by atoms with E-state index in [1.165, 1.54) is 47.0 Å². The molecular formula is C22H26N4OS2. The van der Waals surface area contributed by atoms with Crippen molar-refractivity contribution in [2.24, 2.45) is 0 Å². The molecule has 1 aromatic carbocycles. The molecule has 0 radical (unpaired) electrons. The van der Waals surface area contributed by atoms with Gasteiger partial charge in [0.25, 0.3) is 0 Å². The summed E-state index contributed by atoms with van der Waals surface area (Å²) in [6.45, 7) is 6.30. The highest BCUT2D eigenvalue weighted by molar-refractivity contribution is 7.99. The second kappa shape index (κ2) is 8.71. The molecule has 0 unspecified atom stereocenters. The van der Waals surface area contributed by atoms with Gasteiger partial charge in [-0.3, -0.25) is 9.36 Å². The van der Waals surface area contributed by atoms with Crippen LogP contribution in [0.25, 0.3) is 11.4 Å². The summed E-state index contributed by atoms with van der Waals surface area (Å²) in [6.07, 6.45) is 4.82. The van der Waals surface area contributed by atoms with Crippen molar-refractivity contribution in [3.8, 4) is 11.4 Å². The number of fused-ring (bicyclic) bond motifs is 1. The molecule has 0 fully saturated rings. The van der Waals surface area contributed by atoms with Gasteiger partial charge in [0, 0.05) is 27.5 Å². The standard InChI is InChI=1S/C22H26N4OS2/c1-14(2)26-21(18-12-28-19-10-5-4-9-17(18)19)24-25-22(26)29-13-20(27)23-16-8-6-7-15(3)11-16/h6-8,11-12,14H,4-5,9-10,13H2,1-3H3,(H,23,27). The van der Waals surface area contributed by atoms with E-state index in [9.17, 15) is 4.79 Å². The summed E-state index contributed by atoms with van der Waals surface area (Å²) < 4.78 is 2.17. The van der Waals surface area contributed by atoms with Gasteiger partial charge in [-0.2, -0.15) is 0 Å². The molecule has 1 aliphatic carbocycles. The van der Waals surface area contributed by atoms with Crippen molar-refractivity contribution in [3.63, 3.8) is 0 Å². The topological polar surface area (TPSA) is 59.8 Å². The predicted molar refractivity (Wildman–Crippen MR) is 121 cm³/mol. The summed E-state index contributed by atoms with van der Waals surface area (Å²) in [4.78, 5) is 13.9. The lowest BCUT2D eigenvalue weighted by Crippen LogP contribution is -2.15. The Morgan fingerprint density at radius 3 is 2.90 bits per heavy atom. The average Bonchev–Trinajstić information content (AvgIpc) is 3.30. The van der Waals surface area contributed by atoms with Crippen LogP contribution in [0.3, 0.4) is 0 Å². The fourth-order valence-corrected chi connectivity index (χ4v) is 5.75. The van der Waals surface area contributed by atoms with Gasteiger partial charge in [-0.15, -0.1) is 21.5 Å². The molecule has 7 heteroatoms. The van der Waals surface area contributed by atoms with Crippen molar-refractivity contribution < 1.29 is 4.79 Å². The van der Waals surface area contributed by atoms with E-state index in [0.717, 1.165) is 28.7 Å². The van der Waals surface area contributed by atoms with Crippen LogP contribution in [0.2, 0.25) is 0 Å². The first-order valence-electron chi connectivity index (χ1n) is 10.1. The minimum absolute atomic E-state index is 0.0339. The van der Waals surface area contributed by atoms with E-state index in [4.69, 9.17) is 0 Å². The zero-order chi connectivity index (χ0) is 20.4. The van der Waals surface area contributed by atoms with Gasteiger partial charge in [-0.1, -0.05) is 23.9 Å². The van der Waals surface area contributed by atoms with Crippen LogP contribution in [0.4, 0.5) is 5.69 Å². The molecule has 29 heavy (non-hydrogen) atoms. The van der Waals surface area contributed by atoms with Crippen LogP contribution in [0.15, 0.2) is 34.8 Å². The number of hydrogen-bond acceptors (Lipinski definition) is 5. The summed E-state index contributed by atoms with van der Waals surface area (Å²) in [5.74, 6) is 1.20. The molecule has 2 heterocycles. The van der Waals surface area contributed by atoms with Crippen LogP contribution in [0.1, 0.15) is 48.7 Å². The summed E-state index contributed by atoms with van der Waals surface area (Å²) >= 11 is 3.29. The molecule has 1 amide bonds. The first-order chi connectivity index (χ1) is 14.0. The number of benzene rings is 1. The van der Waals surface area contributed by atoms with E-state index < -0.39 is 0 Å². The third kappa shape index (κ3) is 4.41. The number of thioether (sulfide) groups is 1. The lowest BCUT2D eigenvalue weighted by atomic mass is 9.95. The van der Waals surface area contributed by atoms with Gasteiger partial charge in [0.1, 0.15) is 0 Å². The van der Waals surface area contributed by atoms with E-state index in [1.54, 1.807) is 0 Å². The van der Waals surface area contributed by atoms with Crippen LogP contribution in [0.5, 0.6) is 0 Å². The Morgan fingerprint density at radius 1 is 1.28 bits per heavy atom. The second-order valence-corrected chi connectivity index (χ2v) is 9.64. The van der Waals surface area contributed by atoms with E-state index in [-0.39, 0.29) is 11.9 Å². The number of nitrogens with one attached hydrogen (secondary N) is 1. The molecule has 0 spiro atoms. The van der Waals surface area contributed by atoms with Gasteiger partial charge in [0.15, 0.2) is 11.0 Å². The first-order valence-corrected chi connectivity index (χ1v) is 11.9. The normalized spacial score (nSPS) is 13.5. The van der Waals surface area contributed by atoms with Gasteiger partial charge >= 0.3 is 0 Å². The van der Waals surface area contributed by atoms with Crippen LogP contribution < -0.4 is 5.32 Å². The van der Waals surface area contributed by atoms with Crippen molar-refractivity contribution in [3.05, 3.63) is 45.6 Å². The molecule has 0 bridgehead atoms. The molecule has 0 atom stereocenters. The van der Waals surface area contributed by atoms with Gasteiger partial charge in [0.05, 0.1) is 5.75 Å². The lowest BCUT2D eigenvalue weighted by Gasteiger charge is -2.16. The molecule has 1 N–H and O–H groups in total. The first kappa shape index (κ1) is 20.2. The molecule has 5 nitrogen and oxygen atoms in total. The number of carbonyl (C=O) groups is 1. The maximum atomic E-state index is 12.4. The molecule has 4 rings (SSSR count). The van der Waals surface area contributed by atoms with E-state index in [1.807, 2.05) is 42.5 Å². The van der Waals surface area contributed by atoms with Crippen LogP contribution in [-0.2, 0) is 17.6 Å². The molecule has 0 saturated carbocycles. The van der Waals surface area contributed by atoms with E-state index in [2.05, 4.69) is 39.3 Å². The number of thiophene rings is 1. The largest absolute Gasteiger partial charge is 0.325 e. The van der Waals surface area contributed by atoms with E-state index >= 15 is 0 Å². The number of hydrogen-bond donors (Lipinski definition) is 1. The number of nitrogens with zero attached hydrogens (tertiary/aromatic N) is 3. The quantitative estimate of drug-likeness (QED) is 0.528. The van der Waals surface area contributed by atoms with Crippen molar-refractivity contribution in [1.29, 1.82) is 0 Å². The summed E-state index contributed by atoms with van der Waals surface area (Å²) in [5, 5.41) is 15.0. The fraction of sp³-hybridized carbons (Fsp3) is 0.409. The highest BCUT2D eigenvalue weighted by Gasteiger charge is 2.23. The Bertz CT molecular complexity index is 1020. The third-order valence-corrected chi connectivity index (χ3v) is 7.15. The lowest BCUT2D eigenvalue weighted by molar-refractivity contribution is -0.113. The molecule has 152 valence electrons. The smallest absolute Gasteiger partial charge is 0.234 e. The van der Waals surface area contributed by atoms with Crippen molar-refractivity contribution >= 4 is 34.7 Å². The second-order valence-electron chi connectivity index (χ2n) is 7.73. The summed E-state index contributed by atoms with van der Waals surface area (Å²) in [6, 6.07) is 8.06. The van der Waals surface area contributed by atoms with Crippen LogP contribution in [0, 0.1) is 6.92 Å². The van der Waals surface area contributed by atoms with Gasteiger partial charge in [-0.05, 0) is 69.7 Å².